The number of carbonyl (C=O) groups is 4. The van der Waals surface area contributed by atoms with Crippen molar-refractivity contribution in [2.45, 2.75) is 84.5 Å². The zero-order chi connectivity index (χ0) is 29.4. The van der Waals surface area contributed by atoms with Crippen LogP contribution in [0, 0.1) is 12.3 Å². The number of β-amino-alcohol motifs (C(OH)–C–C–N with tert-alkyl or cyclic N) is 1. The fourth-order valence-corrected chi connectivity index (χ4v) is 5.48. The van der Waals surface area contributed by atoms with Crippen molar-refractivity contribution in [1.82, 2.24) is 20.5 Å². The number of nitrogens with zero attached hydrogens (tertiary/aromatic N) is 2. The van der Waals surface area contributed by atoms with E-state index in [2.05, 4.69) is 20.4 Å². The van der Waals surface area contributed by atoms with Gasteiger partial charge in [-0.05, 0) is 36.3 Å². The molecule has 2 heterocycles. The van der Waals surface area contributed by atoms with Gasteiger partial charge in [0.05, 0.1) is 29.3 Å². The molecular formula is C29H40N4O6S. The average molecular weight is 573 g/mol. The molecule has 1 aromatic heterocycles. The topological polar surface area (TPSA) is 138 Å². The zero-order valence-electron chi connectivity index (χ0n) is 23.9. The number of hydrogen-bond donors (Lipinski definition) is 3. The molecule has 1 fully saturated rings. The monoisotopic (exact) mass is 572 g/mol. The highest BCUT2D eigenvalue weighted by Gasteiger charge is 2.44. The predicted molar refractivity (Wildman–Crippen MR) is 152 cm³/mol. The van der Waals surface area contributed by atoms with Gasteiger partial charge in [0.1, 0.15) is 12.1 Å². The Morgan fingerprint density at radius 2 is 1.82 bits per heavy atom. The summed E-state index contributed by atoms with van der Waals surface area (Å²) in [5.41, 5.74) is 4.11. The fraction of sp³-hybridized carbons (Fsp3) is 0.552. The van der Waals surface area contributed by atoms with Crippen molar-refractivity contribution in [1.29, 1.82) is 0 Å². The Morgan fingerprint density at radius 1 is 1.15 bits per heavy atom. The smallest absolute Gasteiger partial charge is 0.305 e. The number of aliphatic hydroxyl groups is 1. The van der Waals surface area contributed by atoms with Gasteiger partial charge in [0, 0.05) is 32.4 Å². The van der Waals surface area contributed by atoms with Crippen LogP contribution in [0.3, 0.4) is 0 Å². The molecule has 2 aromatic rings. The second-order valence-corrected chi connectivity index (χ2v) is 12.1. The van der Waals surface area contributed by atoms with E-state index in [1.54, 1.807) is 11.3 Å². The lowest BCUT2D eigenvalue weighted by Crippen LogP contribution is -2.57. The summed E-state index contributed by atoms with van der Waals surface area (Å²) >= 11 is 1.58. The molecule has 40 heavy (non-hydrogen) atoms. The van der Waals surface area contributed by atoms with Crippen molar-refractivity contribution in [2.75, 3.05) is 13.7 Å². The Balaban J connectivity index is 1.61. The van der Waals surface area contributed by atoms with Gasteiger partial charge >= 0.3 is 5.97 Å². The number of nitrogens with one attached hydrogen (secondary N) is 2. The Kier molecular flexibility index (Phi) is 10.8. The summed E-state index contributed by atoms with van der Waals surface area (Å²) in [6.07, 6.45) is 0.650. The quantitative estimate of drug-likeness (QED) is 0.278. The van der Waals surface area contributed by atoms with Gasteiger partial charge in [-0.25, -0.2) is 4.98 Å². The summed E-state index contributed by atoms with van der Waals surface area (Å²) in [5, 5.41) is 16.1. The van der Waals surface area contributed by atoms with E-state index in [0.29, 0.717) is 12.8 Å². The molecule has 0 saturated carbocycles. The van der Waals surface area contributed by atoms with E-state index in [0.717, 1.165) is 21.7 Å². The third kappa shape index (κ3) is 8.34. The first-order valence-corrected chi connectivity index (χ1v) is 14.4. The molecule has 0 radical (unpaired) electrons. The van der Waals surface area contributed by atoms with Crippen molar-refractivity contribution in [3.8, 4) is 10.4 Å². The molecule has 0 unspecified atom stereocenters. The first-order chi connectivity index (χ1) is 18.9. The van der Waals surface area contributed by atoms with E-state index in [-0.39, 0.29) is 50.1 Å². The van der Waals surface area contributed by atoms with E-state index >= 15 is 0 Å². The maximum Gasteiger partial charge on any atom is 0.305 e. The van der Waals surface area contributed by atoms with Crippen LogP contribution in [-0.2, 0) is 30.5 Å². The number of hydrogen-bond acceptors (Lipinski definition) is 8. The molecule has 11 heteroatoms. The molecule has 3 rings (SSSR count). The first kappa shape index (κ1) is 31.2. The Labute approximate surface area is 239 Å². The van der Waals surface area contributed by atoms with E-state index in [1.807, 2.05) is 57.5 Å². The molecule has 10 nitrogen and oxygen atoms in total. The predicted octanol–water partition coefficient (Wildman–Crippen LogP) is 2.96. The number of ether oxygens (including phenoxy) is 1. The number of aryl methyl sites for hydroxylation is 1. The Hall–Kier alpha value is -3.31. The Bertz CT molecular complexity index is 1190. The third-order valence-electron chi connectivity index (χ3n) is 6.97. The van der Waals surface area contributed by atoms with Crippen molar-refractivity contribution < 1.29 is 29.0 Å². The third-order valence-corrected chi connectivity index (χ3v) is 7.95. The minimum Gasteiger partial charge on any atom is -0.469 e. The number of likely N-dealkylation sites (tertiary alicyclic amines) is 1. The largest absolute Gasteiger partial charge is 0.469 e. The number of unbranched alkanes of at least 4 members (excludes halogenated alkanes) is 1. The van der Waals surface area contributed by atoms with Crippen LogP contribution in [0.15, 0.2) is 29.8 Å². The highest BCUT2D eigenvalue weighted by molar-refractivity contribution is 7.13. The van der Waals surface area contributed by atoms with Gasteiger partial charge in [0.2, 0.25) is 17.7 Å². The number of aromatic nitrogens is 1. The number of aliphatic hydroxyl groups excluding tert-OH is 1. The summed E-state index contributed by atoms with van der Waals surface area (Å²) in [6, 6.07) is 6.13. The van der Waals surface area contributed by atoms with Crippen LogP contribution in [0.2, 0.25) is 0 Å². The van der Waals surface area contributed by atoms with Gasteiger partial charge in [0.15, 0.2) is 0 Å². The minimum absolute atomic E-state index is 0.0153. The van der Waals surface area contributed by atoms with E-state index < -0.39 is 29.5 Å². The average Bonchev–Trinajstić information content (AvgIpc) is 3.52. The summed E-state index contributed by atoms with van der Waals surface area (Å²) in [5.74, 6) is -1.40. The standard InChI is InChI=1S/C29H40N4O6S/c1-18-25(40-17-31-18)20-12-10-19(11-13-20)15-30-27(37)22-14-21(34)16-33(22)28(38)26(29(2,3)4)32-23(35)8-6-7-9-24(36)39-5/h10-13,17,21-22,26,34H,6-9,14-16H2,1-5H3,(H,30,37)(H,32,35)/t21-,22+,26-/m1/s1. The maximum absolute atomic E-state index is 13.7. The van der Waals surface area contributed by atoms with Gasteiger partial charge < -0.3 is 25.4 Å². The molecule has 3 N–H and O–H groups in total. The highest BCUT2D eigenvalue weighted by Crippen LogP contribution is 2.28. The van der Waals surface area contributed by atoms with Crippen molar-refractivity contribution >= 4 is 35.0 Å². The number of benzene rings is 1. The molecule has 3 amide bonds. The number of thiazole rings is 1. The molecule has 0 spiro atoms. The zero-order valence-corrected chi connectivity index (χ0v) is 24.7. The normalized spacial score (nSPS) is 17.8. The molecule has 3 atom stereocenters. The summed E-state index contributed by atoms with van der Waals surface area (Å²) < 4.78 is 4.61. The molecular weight excluding hydrogens is 532 g/mol. The number of rotatable bonds is 11. The lowest BCUT2D eigenvalue weighted by Gasteiger charge is -2.35. The molecule has 1 aliphatic heterocycles. The second kappa shape index (κ2) is 13.8. The van der Waals surface area contributed by atoms with Crippen LogP contribution >= 0.6 is 11.3 Å². The minimum atomic E-state index is -0.885. The maximum atomic E-state index is 13.7. The van der Waals surface area contributed by atoms with Crippen LogP contribution < -0.4 is 10.6 Å². The summed E-state index contributed by atoms with van der Waals surface area (Å²) in [7, 11) is 1.32. The highest BCUT2D eigenvalue weighted by atomic mass is 32.1. The fourth-order valence-electron chi connectivity index (χ4n) is 4.67. The summed E-state index contributed by atoms with van der Waals surface area (Å²) in [4.78, 5) is 57.5. The summed E-state index contributed by atoms with van der Waals surface area (Å²) in [6.45, 7) is 7.78. The van der Waals surface area contributed by atoms with Gasteiger partial charge in [-0.15, -0.1) is 11.3 Å². The lowest BCUT2D eigenvalue weighted by molar-refractivity contribution is -0.144. The first-order valence-electron chi connectivity index (χ1n) is 13.5. The van der Waals surface area contributed by atoms with Crippen LogP contribution in [0.4, 0.5) is 0 Å². The van der Waals surface area contributed by atoms with Gasteiger partial charge in [-0.1, -0.05) is 45.0 Å². The van der Waals surface area contributed by atoms with E-state index in [1.165, 1.54) is 12.0 Å². The SMILES string of the molecule is COC(=O)CCCCC(=O)N[C@H](C(=O)N1C[C@H](O)C[C@H]1C(=O)NCc1ccc(-c2scnc2C)cc1)C(C)(C)C. The lowest BCUT2D eigenvalue weighted by atomic mass is 9.85. The van der Waals surface area contributed by atoms with Crippen LogP contribution in [0.25, 0.3) is 10.4 Å². The van der Waals surface area contributed by atoms with E-state index in [4.69, 9.17) is 0 Å². The van der Waals surface area contributed by atoms with E-state index in [9.17, 15) is 24.3 Å². The molecule has 0 bridgehead atoms. The van der Waals surface area contributed by atoms with Crippen molar-refractivity contribution in [3.05, 3.63) is 41.0 Å². The number of methoxy groups -OCH3 is 1. The second-order valence-electron chi connectivity index (χ2n) is 11.2. The number of carbonyl (C=O) groups excluding carboxylic acids is 4. The van der Waals surface area contributed by atoms with Crippen molar-refractivity contribution in [2.24, 2.45) is 5.41 Å². The van der Waals surface area contributed by atoms with Crippen LogP contribution in [-0.4, -0.2) is 70.5 Å². The van der Waals surface area contributed by atoms with Gasteiger partial charge in [-0.2, -0.15) is 0 Å². The number of amides is 3. The Morgan fingerprint density at radius 3 is 2.42 bits per heavy atom. The number of esters is 1. The van der Waals surface area contributed by atoms with Crippen molar-refractivity contribution in [3.63, 3.8) is 0 Å². The molecule has 1 saturated heterocycles. The van der Waals surface area contributed by atoms with Gasteiger partial charge in [0.25, 0.3) is 0 Å². The van der Waals surface area contributed by atoms with Crippen LogP contribution in [0.5, 0.6) is 0 Å². The molecule has 1 aliphatic rings. The van der Waals surface area contributed by atoms with Gasteiger partial charge in [-0.3, -0.25) is 19.2 Å². The molecule has 0 aliphatic carbocycles. The molecule has 218 valence electrons. The molecule has 1 aromatic carbocycles. The van der Waals surface area contributed by atoms with Crippen LogP contribution in [0.1, 0.15) is 64.1 Å².